The van der Waals surface area contributed by atoms with Crippen LogP contribution in [0.1, 0.15) is 22.7 Å². The van der Waals surface area contributed by atoms with Crippen molar-refractivity contribution in [3.05, 3.63) is 53.5 Å². The summed E-state index contributed by atoms with van der Waals surface area (Å²) in [5.41, 5.74) is 5.37. The minimum atomic E-state index is -4.49. The molecule has 0 spiro atoms. The number of halogens is 3. The largest absolute Gasteiger partial charge is 0.481 e. The lowest BCUT2D eigenvalue weighted by molar-refractivity contribution is -0.138. The van der Waals surface area contributed by atoms with Crippen LogP contribution in [0.4, 0.5) is 13.2 Å². The molecule has 0 aliphatic rings. The number of ether oxygens (including phenoxy) is 1. The van der Waals surface area contributed by atoms with Crippen molar-refractivity contribution >= 4 is 0 Å². The molecule has 0 bridgehead atoms. The molecule has 0 aliphatic heterocycles. The normalized spacial score (nSPS) is 13.1. The topological polar surface area (TPSA) is 61.0 Å². The van der Waals surface area contributed by atoms with E-state index < -0.39 is 17.8 Å². The maximum absolute atomic E-state index is 13.0. The van der Waals surface area contributed by atoms with E-state index in [1.54, 1.807) is 12.1 Å². The predicted octanol–water partition coefficient (Wildman–Crippen LogP) is 2.55. The van der Waals surface area contributed by atoms with Crippen LogP contribution in [0.25, 0.3) is 0 Å². The SMILES string of the molecule is COc1ncccc1C(N)c1cnccc1C(F)(F)F. The van der Waals surface area contributed by atoms with Gasteiger partial charge in [0.25, 0.3) is 0 Å². The summed E-state index contributed by atoms with van der Waals surface area (Å²) in [6, 6.07) is 3.03. The van der Waals surface area contributed by atoms with Crippen LogP contribution >= 0.6 is 0 Å². The Bertz CT molecular complexity index is 601. The molecule has 7 heteroatoms. The molecule has 0 amide bonds. The summed E-state index contributed by atoms with van der Waals surface area (Å²) < 4.78 is 44.0. The van der Waals surface area contributed by atoms with Crippen LogP contribution in [-0.4, -0.2) is 17.1 Å². The molecule has 1 unspecified atom stereocenters. The number of aromatic nitrogens is 2. The molecule has 0 aromatic carbocycles. The van der Waals surface area contributed by atoms with Crippen molar-refractivity contribution in [2.75, 3.05) is 7.11 Å². The number of pyridine rings is 2. The Hall–Kier alpha value is -2.15. The summed E-state index contributed by atoms with van der Waals surface area (Å²) in [6.07, 6.45) is -0.826. The summed E-state index contributed by atoms with van der Waals surface area (Å²) in [6.45, 7) is 0. The molecule has 2 N–H and O–H groups in total. The van der Waals surface area contributed by atoms with Gasteiger partial charge in [-0.15, -0.1) is 0 Å². The molecule has 0 saturated carbocycles. The minimum Gasteiger partial charge on any atom is -0.481 e. The van der Waals surface area contributed by atoms with Gasteiger partial charge >= 0.3 is 6.18 Å². The molecule has 1 atom stereocenters. The highest BCUT2D eigenvalue weighted by atomic mass is 19.4. The van der Waals surface area contributed by atoms with E-state index in [0.717, 1.165) is 18.5 Å². The number of nitrogens with two attached hydrogens (primary N) is 1. The molecule has 0 fully saturated rings. The van der Waals surface area contributed by atoms with Crippen LogP contribution in [0.2, 0.25) is 0 Å². The second kappa shape index (κ2) is 5.46. The lowest BCUT2D eigenvalue weighted by Crippen LogP contribution is -2.19. The highest BCUT2D eigenvalue weighted by Gasteiger charge is 2.35. The quantitative estimate of drug-likeness (QED) is 0.940. The zero-order chi connectivity index (χ0) is 14.8. The summed E-state index contributed by atoms with van der Waals surface area (Å²) in [5, 5.41) is 0. The highest BCUT2D eigenvalue weighted by Crippen LogP contribution is 2.36. The van der Waals surface area contributed by atoms with Crippen LogP contribution in [0.3, 0.4) is 0 Å². The van der Waals surface area contributed by atoms with Crippen molar-refractivity contribution < 1.29 is 17.9 Å². The Kier molecular flexibility index (Phi) is 3.89. The average molecular weight is 283 g/mol. The van der Waals surface area contributed by atoms with Gasteiger partial charge in [-0.25, -0.2) is 4.98 Å². The van der Waals surface area contributed by atoms with Crippen molar-refractivity contribution in [2.24, 2.45) is 5.73 Å². The number of nitrogens with zero attached hydrogens (tertiary/aromatic N) is 2. The summed E-state index contributed by atoms with van der Waals surface area (Å²) in [4.78, 5) is 7.65. The summed E-state index contributed by atoms with van der Waals surface area (Å²) >= 11 is 0. The van der Waals surface area contributed by atoms with Gasteiger partial charge in [0.2, 0.25) is 5.88 Å². The molecule has 0 aliphatic carbocycles. The molecular formula is C13H12F3N3O. The Labute approximate surface area is 113 Å². The first kappa shape index (κ1) is 14.3. The van der Waals surface area contributed by atoms with Gasteiger partial charge in [-0.2, -0.15) is 13.2 Å². The van der Waals surface area contributed by atoms with Gasteiger partial charge in [0.15, 0.2) is 0 Å². The second-order valence-electron chi connectivity index (χ2n) is 4.04. The van der Waals surface area contributed by atoms with Gasteiger partial charge in [0.05, 0.1) is 18.7 Å². The van der Waals surface area contributed by atoms with E-state index in [1.165, 1.54) is 13.3 Å². The van der Waals surface area contributed by atoms with Gasteiger partial charge in [0, 0.05) is 29.7 Å². The number of methoxy groups -OCH3 is 1. The van der Waals surface area contributed by atoms with Crippen molar-refractivity contribution in [3.63, 3.8) is 0 Å². The lowest BCUT2D eigenvalue weighted by Gasteiger charge is -2.19. The maximum atomic E-state index is 13.0. The van der Waals surface area contributed by atoms with Crippen LogP contribution in [-0.2, 0) is 6.18 Å². The van der Waals surface area contributed by atoms with Gasteiger partial charge in [-0.3, -0.25) is 4.98 Å². The third-order valence-corrected chi connectivity index (χ3v) is 2.82. The molecule has 2 aromatic heterocycles. The van der Waals surface area contributed by atoms with Crippen LogP contribution in [0.5, 0.6) is 5.88 Å². The molecule has 2 heterocycles. The first-order valence-electron chi connectivity index (χ1n) is 5.70. The lowest BCUT2D eigenvalue weighted by atomic mass is 9.97. The van der Waals surface area contributed by atoms with E-state index in [4.69, 9.17) is 10.5 Å². The molecule has 106 valence electrons. The Morgan fingerprint density at radius 2 is 1.95 bits per heavy atom. The fraction of sp³-hybridized carbons (Fsp3) is 0.231. The standard InChI is InChI=1S/C13H12F3N3O/c1-20-12-8(3-2-5-19-12)11(17)9-7-18-6-4-10(9)13(14,15)16/h2-7,11H,17H2,1H3. The van der Waals surface area contributed by atoms with Crippen molar-refractivity contribution in [2.45, 2.75) is 12.2 Å². The smallest absolute Gasteiger partial charge is 0.416 e. The molecule has 2 aromatic rings. The van der Waals surface area contributed by atoms with Crippen molar-refractivity contribution in [1.29, 1.82) is 0 Å². The minimum absolute atomic E-state index is 0.119. The molecule has 2 rings (SSSR count). The first-order chi connectivity index (χ1) is 9.45. The van der Waals surface area contributed by atoms with E-state index in [2.05, 4.69) is 9.97 Å². The molecule has 4 nitrogen and oxygen atoms in total. The number of hydrogen-bond acceptors (Lipinski definition) is 4. The predicted molar refractivity (Wildman–Crippen MR) is 66.1 cm³/mol. The number of alkyl halides is 3. The molecular weight excluding hydrogens is 271 g/mol. The Morgan fingerprint density at radius 1 is 1.20 bits per heavy atom. The molecule has 0 saturated heterocycles. The van der Waals surface area contributed by atoms with Crippen LogP contribution in [0, 0.1) is 0 Å². The van der Waals surface area contributed by atoms with Crippen LogP contribution in [0.15, 0.2) is 36.8 Å². The van der Waals surface area contributed by atoms with Gasteiger partial charge < -0.3 is 10.5 Å². The highest BCUT2D eigenvalue weighted by molar-refractivity contribution is 5.40. The third kappa shape index (κ3) is 2.72. The second-order valence-corrected chi connectivity index (χ2v) is 4.04. The maximum Gasteiger partial charge on any atom is 0.416 e. The van der Waals surface area contributed by atoms with E-state index in [0.29, 0.717) is 5.56 Å². The van der Waals surface area contributed by atoms with Crippen LogP contribution < -0.4 is 10.5 Å². The van der Waals surface area contributed by atoms with E-state index in [1.807, 2.05) is 0 Å². The molecule has 0 radical (unpaired) electrons. The summed E-state index contributed by atoms with van der Waals surface area (Å²) in [5.74, 6) is 0.192. The van der Waals surface area contributed by atoms with Gasteiger partial charge in [0.1, 0.15) is 0 Å². The fourth-order valence-corrected chi connectivity index (χ4v) is 1.89. The molecule has 20 heavy (non-hydrogen) atoms. The fourth-order valence-electron chi connectivity index (χ4n) is 1.89. The van der Waals surface area contributed by atoms with E-state index in [9.17, 15) is 13.2 Å². The van der Waals surface area contributed by atoms with Gasteiger partial charge in [-0.05, 0) is 12.1 Å². The third-order valence-electron chi connectivity index (χ3n) is 2.82. The monoisotopic (exact) mass is 283 g/mol. The zero-order valence-corrected chi connectivity index (χ0v) is 10.6. The Balaban J connectivity index is 2.52. The van der Waals surface area contributed by atoms with Gasteiger partial charge in [-0.1, -0.05) is 6.07 Å². The van der Waals surface area contributed by atoms with Crippen molar-refractivity contribution in [3.8, 4) is 5.88 Å². The Morgan fingerprint density at radius 3 is 2.60 bits per heavy atom. The van der Waals surface area contributed by atoms with Crippen molar-refractivity contribution in [1.82, 2.24) is 9.97 Å². The first-order valence-corrected chi connectivity index (χ1v) is 5.70. The zero-order valence-electron chi connectivity index (χ0n) is 10.6. The van der Waals surface area contributed by atoms with E-state index >= 15 is 0 Å². The average Bonchev–Trinajstić information content (AvgIpc) is 2.45. The summed E-state index contributed by atoms with van der Waals surface area (Å²) in [7, 11) is 1.38. The number of rotatable bonds is 3. The van der Waals surface area contributed by atoms with E-state index in [-0.39, 0.29) is 11.4 Å². The number of hydrogen-bond donors (Lipinski definition) is 1.